The predicted octanol–water partition coefficient (Wildman–Crippen LogP) is 6.79. The number of amides is 3. The number of carbonyl (C=O) groups is 5. The molecule has 1 aliphatic rings. The van der Waals surface area contributed by atoms with Crippen molar-refractivity contribution in [1.29, 1.82) is 0 Å². The number of esters is 2. The van der Waals surface area contributed by atoms with E-state index in [1.807, 2.05) is 87.5 Å². The van der Waals surface area contributed by atoms with Crippen LogP contribution in [0.25, 0.3) is 0 Å². The summed E-state index contributed by atoms with van der Waals surface area (Å²) in [4.78, 5) is 67.3. The molecule has 0 unspecified atom stereocenters. The summed E-state index contributed by atoms with van der Waals surface area (Å²) in [5.41, 5.74) is 2.13. The molecule has 302 valence electrons. The number of pyridine rings is 1. The zero-order chi connectivity index (χ0) is 40.2. The van der Waals surface area contributed by atoms with Gasteiger partial charge < -0.3 is 30.2 Å². The smallest absolute Gasteiger partial charge is 0.407 e. The number of nitrogens with zero attached hydrogens (tertiary/aromatic N) is 1. The maximum Gasteiger partial charge on any atom is 0.407 e. The van der Waals surface area contributed by atoms with Crippen LogP contribution in [0, 0.1) is 11.8 Å². The van der Waals surface area contributed by atoms with E-state index in [-0.39, 0.29) is 36.5 Å². The summed E-state index contributed by atoms with van der Waals surface area (Å²) in [5.74, 6) is -0.704. The van der Waals surface area contributed by atoms with Crippen LogP contribution >= 0.6 is 0 Å². The molecule has 0 saturated heterocycles. The molecule has 0 spiro atoms. The summed E-state index contributed by atoms with van der Waals surface area (Å²) in [6.07, 6.45) is 10.4. The molecule has 0 aliphatic heterocycles. The second-order valence-corrected chi connectivity index (χ2v) is 15.5. The lowest BCUT2D eigenvalue weighted by Crippen LogP contribution is -2.50. The Morgan fingerprint density at radius 2 is 1.43 bits per heavy atom. The van der Waals surface area contributed by atoms with E-state index in [1.165, 1.54) is 0 Å². The number of carbonyl (C=O) groups excluding carboxylic acids is 5. The largest absolute Gasteiger partial charge is 0.489 e. The number of ether oxygens (including phenoxy) is 3. The van der Waals surface area contributed by atoms with Gasteiger partial charge in [0.05, 0.1) is 6.42 Å². The van der Waals surface area contributed by atoms with Crippen molar-refractivity contribution >= 4 is 29.8 Å². The van der Waals surface area contributed by atoms with Gasteiger partial charge in [-0.05, 0) is 106 Å². The second-order valence-electron chi connectivity index (χ2n) is 15.5. The van der Waals surface area contributed by atoms with Crippen molar-refractivity contribution in [2.75, 3.05) is 13.1 Å². The van der Waals surface area contributed by atoms with Crippen LogP contribution in [0.4, 0.5) is 4.79 Å². The van der Waals surface area contributed by atoms with Crippen LogP contribution in [-0.4, -0.2) is 59.6 Å². The Bertz CT molecular complexity index is 1670. The Kier molecular flexibility index (Phi) is 17.8. The summed E-state index contributed by atoms with van der Waals surface area (Å²) in [6.45, 7) is 6.84. The molecule has 0 radical (unpaired) electrons. The Labute approximate surface area is 330 Å². The molecule has 3 N–H and O–H groups in total. The minimum atomic E-state index is -0.756. The summed E-state index contributed by atoms with van der Waals surface area (Å²) in [6, 6.07) is 19.7. The molecule has 4 rings (SSSR count). The first-order valence-corrected chi connectivity index (χ1v) is 19.9. The van der Waals surface area contributed by atoms with Crippen molar-refractivity contribution in [2.24, 2.45) is 11.8 Å². The van der Waals surface area contributed by atoms with Gasteiger partial charge in [-0.1, -0.05) is 61.7 Å². The van der Waals surface area contributed by atoms with Crippen LogP contribution in [0.5, 0.6) is 5.75 Å². The van der Waals surface area contributed by atoms with Crippen LogP contribution in [0.2, 0.25) is 0 Å². The number of unbranched alkanes of at least 4 members (excludes halogenated alkanes) is 4. The van der Waals surface area contributed by atoms with E-state index in [4.69, 9.17) is 14.2 Å². The standard InChI is InChI=1S/C44H58N4O8/c1-44(2,3)56-43(53)47-30-34-15-19-36(20-16-34)41(51)48-38(28-33-17-21-37(22-18-33)54-31-35-23-26-45-27-24-35)42(52)46-25-11-6-4-5-10-14-39(49)55-40(50)29-32-12-8-7-9-13-32/h7-9,12-13,17-18,21-24,26-27,34,36,38H,4-6,10-11,14-16,19-20,25,28-31H2,1-3H3,(H,46,52)(H,47,53)(H,48,51)/t34?,36?,38-/m0/s1. The van der Waals surface area contributed by atoms with Gasteiger partial charge in [-0.25, -0.2) is 4.79 Å². The first-order chi connectivity index (χ1) is 26.9. The zero-order valence-electron chi connectivity index (χ0n) is 33.1. The highest BCUT2D eigenvalue weighted by Crippen LogP contribution is 2.29. The number of rotatable bonds is 20. The number of benzene rings is 2. The van der Waals surface area contributed by atoms with Gasteiger partial charge >= 0.3 is 18.0 Å². The van der Waals surface area contributed by atoms with Crippen molar-refractivity contribution in [3.63, 3.8) is 0 Å². The summed E-state index contributed by atoms with van der Waals surface area (Å²) in [5, 5.41) is 8.91. The molecular formula is C44H58N4O8. The number of hydrogen-bond acceptors (Lipinski definition) is 9. The molecule has 2 aromatic carbocycles. The first-order valence-electron chi connectivity index (χ1n) is 19.9. The highest BCUT2D eigenvalue weighted by Gasteiger charge is 2.30. The maximum absolute atomic E-state index is 13.5. The molecule has 1 heterocycles. The van der Waals surface area contributed by atoms with Crippen molar-refractivity contribution in [2.45, 2.75) is 116 Å². The molecule has 1 atom stereocenters. The van der Waals surface area contributed by atoms with Gasteiger partial charge in [0.15, 0.2) is 0 Å². The lowest BCUT2D eigenvalue weighted by Gasteiger charge is -2.29. The number of alkyl carbamates (subject to hydrolysis) is 1. The van der Waals surface area contributed by atoms with E-state index in [1.54, 1.807) is 12.4 Å². The van der Waals surface area contributed by atoms with Crippen LogP contribution in [0.1, 0.15) is 102 Å². The fourth-order valence-corrected chi connectivity index (χ4v) is 6.51. The number of nitrogens with one attached hydrogen (secondary N) is 3. The van der Waals surface area contributed by atoms with Crippen LogP contribution in [0.15, 0.2) is 79.1 Å². The van der Waals surface area contributed by atoms with Gasteiger partial charge in [0.1, 0.15) is 24.0 Å². The molecule has 1 fully saturated rings. The minimum Gasteiger partial charge on any atom is -0.489 e. The van der Waals surface area contributed by atoms with E-state index >= 15 is 0 Å². The SMILES string of the molecule is CC(C)(C)OC(=O)NCC1CCC(C(=O)N[C@@H](Cc2ccc(OCc3ccncc3)cc2)C(=O)NCCCCCCCC(=O)OC(=O)Cc2ccccc2)CC1. The summed E-state index contributed by atoms with van der Waals surface area (Å²) in [7, 11) is 0. The first kappa shape index (κ1) is 43.5. The van der Waals surface area contributed by atoms with E-state index in [9.17, 15) is 24.0 Å². The fraction of sp³-hybridized carbons (Fsp3) is 0.500. The van der Waals surface area contributed by atoms with Crippen molar-refractivity contribution < 1.29 is 38.2 Å². The van der Waals surface area contributed by atoms with Gasteiger partial charge in [-0.3, -0.25) is 24.2 Å². The third kappa shape index (κ3) is 17.0. The third-order valence-corrected chi connectivity index (χ3v) is 9.58. The van der Waals surface area contributed by atoms with Gasteiger partial charge in [-0.15, -0.1) is 0 Å². The molecule has 3 aromatic rings. The Hall–Kier alpha value is -5.26. The summed E-state index contributed by atoms with van der Waals surface area (Å²) >= 11 is 0. The molecule has 12 heteroatoms. The zero-order valence-corrected chi connectivity index (χ0v) is 33.1. The lowest BCUT2D eigenvalue weighted by molar-refractivity contribution is -0.159. The molecular weight excluding hydrogens is 713 g/mol. The van der Waals surface area contributed by atoms with Gasteiger partial charge in [0.2, 0.25) is 11.8 Å². The summed E-state index contributed by atoms with van der Waals surface area (Å²) < 4.78 is 16.2. The molecule has 3 amide bonds. The molecule has 0 bridgehead atoms. The molecule has 56 heavy (non-hydrogen) atoms. The molecule has 12 nitrogen and oxygen atoms in total. The maximum atomic E-state index is 13.5. The van der Waals surface area contributed by atoms with Gasteiger partial charge in [-0.2, -0.15) is 0 Å². The van der Waals surface area contributed by atoms with Crippen LogP contribution < -0.4 is 20.7 Å². The molecule has 1 aliphatic carbocycles. The van der Waals surface area contributed by atoms with Crippen molar-refractivity contribution in [3.8, 4) is 5.75 Å². The topological polar surface area (TPSA) is 162 Å². The van der Waals surface area contributed by atoms with Crippen molar-refractivity contribution in [3.05, 3.63) is 95.8 Å². The molecule has 1 aromatic heterocycles. The highest BCUT2D eigenvalue weighted by molar-refractivity contribution is 5.89. The van der Waals surface area contributed by atoms with E-state index in [0.29, 0.717) is 51.1 Å². The number of aromatic nitrogens is 1. The second kappa shape index (κ2) is 23.0. The highest BCUT2D eigenvalue weighted by atomic mass is 16.6. The minimum absolute atomic E-state index is 0.0648. The van der Waals surface area contributed by atoms with Gasteiger partial charge in [0.25, 0.3) is 0 Å². The van der Waals surface area contributed by atoms with Crippen LogP contribution in [-0.2, 0) is 48.1 Å². The Morgan fingerprint density at radius 3 is 2.12 bits per heavy atom. The quantitative estimate of drug-likeness (QED) is 0.0639. The normalized spacial score (nSPS) is 15.8. The Balaban J connectivity index is 1.20. The lowest BCUT2D eigenvalue weighted by atomic mass is 9.81. The monoisotopic (exact) mass is 770 g/mol. The van der Waals surface area contributed by atoms with Crippen molar-refractivity contribution in [1.82, 2.24) is 20.9 Å². The predicted molar refractivity (Wildman–Crippen MR) is 212 cm³/mol. The third-order valence-electron chi connectivity index (χ3n) is 9.58. The number of hydrogen-bond donors (Lipinski definition) is 3. The van der Waals surface area contributed by atoms with E-state index in [2.05, 4.69) is 20.9 Å². The van der Waals surface area contributed by atoms with Crippen LogP contribution in [0.3, 0.4) is 0 Å². The van der Waals surface area contributed by atoms with E-state index in [0.717, 1.165) is 55.2 Å². The fourth-order valence-electron chi connectivity index (χ4n) is 6.51. The Morgan fingerprint density at radius 1 is 0.750 bits per heavy atom. The molecule has 1 saturated carbocycles. The van der Waals surface area contributed by atoms with E-state index < -0.39 is 29.7 Å². The average molecular weight is 771 g/mol. The average Bonchev–Trinajstić information content (AvgIpc) is 3.17. The van der Waals surface area contributed by atoms with Gasteiger partial charge in [0, 0.05) is 44.2 Å².